The Bertz CT molecular complexity index is 670. The Morgan fingerprint density at radius 3 is 2.36 bits per heavy atom. The zero-order valence-electron chi connectivity index (χ0n) is 15.9. The van der Waals surface area contributed by atoms with E-state index in [2.05, 4.69) is 79.3 Å². The first-order valence-corrected chi connectivity index (χ1v) is 12.4. The fraction of sp³-hybridized carbons (Fsp3) is 0.524. The molecule has 0 aliphatic carbocycles. The molecule has 2 aromatic carbocycles. The minimum Gasteiger partial charge on any atom is -0.494 e. The lowest BCUT2D eigenvalue weighted by atomic mass is 10.1. The maximum atomic E-state index is 5.89. The number of unbranched alkanes of at least 4 members (excludes halogenated alkanes) is 2. The van der Waals surface area contributed by atoms with Crippen molar-refractivity contribution in [3.8, 4) is 5.75 Å². The summed E-state index contributed by atoms with van der Waals surface area (Å²) in [5.41, 5.74) is 0. The van der Waals surface area contributed by atoms with Crippen molar-refractivity contribution in [3.63, 3.8) is 0 Å². The van der Waals surface area contributed by atoms with Crippen LogP contribution in [0, 0.1) is 0 Å². The van der Waals surface area contributed by atoms with Crippen LogP contribution in [0.2, 0.25) is 18.1 Å². The lowest BCUT2D eigenvalue weighted by Crippen LogP contribution is -2.26. The van der Waals surface area contributed by atoms with Gasteiger partial charge in [-0.1, -0.05) is 55.0 Å². The van der Waals surface area contributed by atoms with Crippen molar-refractivity contribution >= 4 is 35.5 Å². The van der Waals surface area contributed by atoms with E-state index in [1.54, 1.807) is 0 Å². The number of halogens is 1. The lowest BCUT2D eigenvalue weighted by Gasteiger charge is -2.27. The molecule has 25 heavy (non-hydrogen) atoms. The molecular weight excluding hydrogens is 392 g/mol. The van der Waals surface area contributed by atoms with E-state index in [1.165, 1.54) is 10.8 Å². The van der Waals surface area contributed by atoms with E-state index in [0.29, 0.717) is 5.04 Å². The minimum atomic E-state index is -0.308. The van der Waals surface area contributed by atoms with E-state index in [-0.39, 0.29) is 8.80 Å². The second-order valence-electron chi connectivity index (χ2n) is 7.50. The average Bonchev–Trinajstić information content (AvgIpc) is 2.57. The van der Waals surface area contributed by atoms with Crippen LogP contribution in [0.1, 0.15) is 33.1 Å². The summed E-state index contributed by atoms with van der Waals surface area (Å²) < 4.78 is 12.9. The Kier molecular flexibility index (Phi) is 7.98. The molecule has 0 heterocycles. The Balaban J connectivity index is 1.61. The van der Waals surface area contributed by atoms with Gasteiger partial charge in [0.25, 0.3) is 0 Å². The number of fused-ring (bicyclic) bond motifs is 1. The summed E-state index contributed by atoms with van der Waals surface area (Å²) >= 11 is 3.51. The number of hydrogen-bond acceptors (Lipinski definition) is 2. The summed E-state index contributed by atoms with van der Waals surface area (Å²) in [6.07, 6.45) is 3.33. The first-order valence-electron chi connectivity index (χ1n) is 9.09. The van der Waals surface area contributed by atoms with E-state index in [9.17, 15) is 0 Å². The van der Waals surface area contributed by atoms with Crippen molar-refractivity contribution in [2.45, 2.75) is 51.2 Å². The van der Waals surface area contributed by atoms with E-state index in [0.717, 1.165) is 49.3 Å². The van der Waals surface area contributed by atoms with Gasteiger partial charge in [0.2, 0.25) is 0 Å². The fourth-order valence-corrected chi connectivity index (χ4v) is 3.20. The third-order valence-corrected chi connectivity index (χ3v) is 8.14. The average molecular weight is 422 g/mol. The van der Waals surface area contributed by atoms with Gasteiger partial charge in [0.1, 0.15) is 5.75 Å². The summed E-state index contributed by atoms with van der Waals surface area (Å²) in [5, 5.41) is 2.80. The highest BCUT2D eigenvalue weighted by Gasteiger charge is 2.23. The maximum absolute atomic E-state index is 5.89. The zero-order chi connectivity index (χ0) is 18.3. The Morgan fingerprint density at radius 2 is 1.60 bits per heavy atom. The molecule has 0 bridgehead atoms. The van der Waals surface area contributed by atoms with Crippen LogP contribution >= 0.6 is 15.9 Å². The highest BCUT2D eigenvalue weighted by molar-refractivity contribution is 9.10. The topological polar surface area (TPSA) is 18.5 Å². The highest BCUT2D eigenvalue weighted by Crippen LogP contribution is 2.28. The molecule has 1 radical (unpaired) electrons. The van der Waals surface area contributed by atoms with Crippen LogP contribution in [0.3, 0.4) is 0 Å². The summed E-state index contributed by atoms with van der Waals surface area (Å²) in [5.74, 6) is 0.952. The molecule has 0 aliphatic heterocycles. The normalized spacial score (nSPS) is 12.1. The van der Waals surface area contributed by atoms with E-state index >= 15 is 0 Å². The van der Waals surface area contributed by atoms with Gasteiger partial charge >= 0.3 is 0 Å². The van der Waals surface area contributed by atoms with Crippen LogP contribution in [0.4, 0.5) is 0 Å². The molecule has 4 heteroatoms. The van der Waals surface area contributed by atoms with Gasteiger partial charge in [-0.25, -0.2) is 0 Å². The molecule has 0 saturated carbocycles. The molecule has 137 valence electrons. The van der Waals surface area contributed by atoms with Crippen molar-refractivity contribution in [3.05, 3.63) is 40.9 Å². The summed E-state index contributed by atoms with van der Waals surface area (Å²) in [6.45, 7) is 11.9. The monoisotopic (exact) mass is 421 g/mol. The molecule has 0 fully saturated rings. The molecule has 0 amide bonds. The van der Waals surface area contributed by atoms with E-state index in [4.69, 9.17) is 9.47 Å². The molecule has 0 spiro atoms. The Morgan fingerprint density at radius 1 is 0.920 bits per heavy atom. The molecule has 2 aromatic rings. The van der Waals surface area contributed by atoms with Crippen LogP contribution in [0.5, 0.6) is 5.75 Å². The lowest BCUT2D eigenvalue weighted by molar-refractivity contribution is 0.109. The Hall–Kier alpha value is -0.843. The quantitative estimate of drug-likeness (QED) is 0.313. The molecule has 0 unspecified atom stereocenters. The number of ether oxygens (including phenoxy) is 2. The van der Waals surface area contributed by atoms with Gasteiger partial charge in [-0.05, 0) is 59.3 Å². The van der Waals surface area contributed by atoms with Crippen molar-refractivity contribution in [1.29, 1.82) is 0 Å². The number of hydrogen-bond donors (Lipinski definition) is 0. The predicted octanol–water partition coefficient (Wildman–Crippen LogP) is 6.70. The Labute approximate surface area is 162 Å². The van der Waals surface area contributed by atoms with Gasteiger partial charge in [0.05, 0.1) is 15.4 Å². The SMILES string of the molecule is C[Si](C)C(C)(C)COCCCCCOc1ccc2cc(Br)ccc2c1. The summed E-state index contributed by atoms with van der Waals surface area (Å²) in [6, 6.07) is 12.6. The van der Waals surface area contributed by atoms with E-state index in [1.807, 2.05) is 0 Å². The third kappa shape index (κ3) is 6.76. The summed E-state index contributed by atoms with van der Waals surface area (Å²) in [7, 11) is -0.308. The maximum Gasteiger partial charge on any atom is 0.119 e. The van der Waals surface area contributed by atoms with Crippen molar-refractivity contribution in [1.82, 2.24) is 0 Å². The molecule has 2 nitrogen and oxygen atoms in total. The van der Waals surface area contributed by atoms with Crippen molar-refractivity contribution in [2.24, 2.45) is 0 Å². The molecule has 0 atom stereocenters. The molecule has 2 rings (SSSR count). The molecular formula is C21H30BrO2Si. The van der Waals surface area contributed by atoms with Crippen LogP contribution in [0.25, 0.3) is 10.8 Å². The molecule has 0 aromatic heterocycles. The van der Waals surface area contributed by atoms with Crippen LogP contribution in [-0.4, -0.2) is 28.6 Å². The van der Waals surface area contributed by atoms with Gasteiger partial charge in [0, 0.05) is 17.7 Å². The van der Waals surface area contributed by atoms with E-state index < -0.39 is 0 Å². The number of benzene rings is 2. The van der Waals surface area contributed by atoms with Gasteiger partial charge in [-0.15, -0.1) is 0 Å². The van der Waals surface area contributed by atoms with Crippen molar-refractivity contribution in [2.75, 3.05) is 19.8 Å². The first-order chi connectivity index (χ1) is 11.9. The highest BCUT2D eigenvalue weighted by atomic mass is 79.9. The van der Waals surface area contributed by atoms with Gasteiger partial charge in [-0.2, -0.15) is 0 Å². The van der Waals surface area contributed by atoms with Crippen molar-refractivity contribution < 1.29 is 9.47 Å². The second kappa shape index (κ2) is 9.74. The third-order valence-electron chi connectivity index (χ3n) is 4.79. The van der Waals surface area contributed by atoms with Crippen LogP contribution in [0.15, 0.2) is 40.9 Å². The molecule has 0 N–H and O–H groups in total. The number of rotatable bonds is 10. The zero-order valence-corrected chi connectivity index (χ0v) is 18.5. The van der Waals surface area contributed by atoms with Crippen LogP contribution in [-0.2, 0) is 4.74 Å². The minimum absolute atomic E-state index is 0.308. The molecule has 0 saturated heterocycles. The standard InChI is InChI=1S/C21H30BrO2Si/c1-21(2,25(3)4)16-23-12-6-5-7-13-24-20-11-9-17-14-19(22)10-8-18(17)15-20/h8-11,14-15H,5-7,12-13,16H2,1-4H3. The van der Waals surface area contributed by atoms with Crippen LogP contribution < -0.4 is 4.74 Å². The van der Waals surface area contributed by atoms with Gasteiger partial charge in [0.15, 0.2) is 0 Å². The largest absolute Gasteiger partial charge is 0.494 e. The first kappa shape index (κ1) is 20.5. The van der Waals surface area contributed by atoms with Gasteiger partial charge < -0.3 is 9.47 Å². The molecule has 0 aliphatic rings. The second-order valence-corrected chi connectivity index (χ2v) is 11.8. The van der Waals surface area contributed by atoms with Gasteiger partial charge in [-0.3, -0.25) is 0 Å². The predicted molar refractivity (Wildman–Crippen MR) is 113 cm³/mol. The summed E-state index contributed by atoms with van der Waals surface area (Å²) in [4.78, 5) is 0. The smallest absolute Gasteiger partial charge is 0.119 e. The fourth-order valence-electron chi connectivity index (χ4n) is 2.43.